The molecule has 4 rings (SSSR count). The van der Waals surface area contributed by atoms with Crippen LogP contribution in [0.1, 0.15) is 10.5 Å². The molecule has 0 spiro atoms. The molecule has 1 heterocycles. The summed E-state index contributed by atoms with van der Waals surface area (Å²) in [7, 11) is 3.03. The normalized spacial score (nSPS) is 10.6. The maximum absolute atomic E-state index is 13.2. The third-order valence-corrected chi connectivity index (χ3v) is 5.01. The van der Waals surface area contributed by atoms with E-state index in [0.717, 1.165) is 0 Å². The van der Waals surface area contributed by atoms with Crippen LogP contribution in [0.25, 0.3) is 16.9 Å². The van der Waals surface area contributed by atoms with Gasteiger partial charge in [0.25, 0.3) is 11.6 Å². The summed E-state index contributed by atoms with van der Waals surface area (Å²) in [6.07, 6.45) is 0. The van der Waals surface area contributed by atoms with Crippen molar-refractivity contribution < 1.29 is 23.6 Å². The van der Waals surface area contributed by atoms with E-state index in [1.807, 2.05) is 0 Å². The largest absolute Gasteiger partial charge is 0.497 e. The van der Waals surface area contributed by atoms with Gasteiger partial charge < -0.3 is 14.8 Å². The Morgan fingerprint density at radius 3 is 2.47 bits per heavy atom. The fraction of sp³-hybridized carbons (Fsp3) is 0.0833. The third-order valence-electron chi connectivity index (χ3n) is 5.01. The number of methoxy groups -OCH3 is 2. The first-order valence-electron chi connectivity index (χ1n) is 10.0. The van der Waals surface area contributed by atoms with Gasteiger partial charge >= 0.3 is 0 Å². The van der Waals surface area contributed by atoms with Gasteiger partial charge in [-0.1, -0.05) is 6.07 Å². The van der Waals surface area contributed by atoms with E-state index in [-0.39, 0.29) is 11.4 Å². The smallest absolute Gasteiger partial charge is 0.274 e. The van der Waals surface area contributed by atoms with Crippen molar-refractivity contribution in [3.8, 4) is 28.4 Å². The van der Waals surface area contributed by atoms with E-state index in [9.17, 15) is 19.3 Å². The molecule has 0 radical (unpaired) electrons. The quantitative estimate of drug-likeness (QED) is 0.311. The highest BCUT2D eigenvalue weighted by molar-refractivity contribution is 6.04. The Labute approximate surface area is 193 Å². The number of halogens is 1. The lowest BCUT2D eigenvalue weighted by Crippen LogP contribution is -2.17. The van der Waals surface area contributed by atoms with Crippen molar-refractivity contribution >= 4 is 17.3 Å². The minimum Gasteiger partial charge on any atom is -0.497 e. The molecule has 0 atom stereocenters. The van der Waals surface area contributed by atoms with Crippen LogP contribution in [0.3, 0.4) is 0 Å². The van der Waals surface area contributed by atoms with Gasteiger partial charge in [0.05, 0.1) is 30.5 Å². The standard InChI is InChI=1S/C24H19FN4O5/c1-33-19-10-11-20(23(13-19)34-2)21-14-22(24(30)26-16-8-6-15(25)7-9-16)28(27-21)17-4-3-5-18(12-17)29(31)32/h3-14H,1-2H3,(H,26,30). The molecule has 0 unspecified atom stereocenters. The molecule has 0 saturated carbocycles. The van der Waals surface area contributed by atoms with Gasteiger partial charge in [-0.25, -0.2) is 9.07 Å². The molecular weight excluding hydrogens is 443 g/mol. The number of aromatic nitrogens is 2. The monoisotopic (exact) mass is 462 g/mol. The third kappa shape index (κ3) is 4.56. The summed E-state index contributed by atoms with van der Waals surface area (Å²) >= 11 is 0. The van der Waals surface area contributed by atoms with Crippen LogP contribution in [-0.4, -0.2) is 34.8 Å². The number of hydrogen-bond acceptors (Lipinski definition) is 6. The van der Waals surface area contributed by atoms with Gasteiger partial charge in [-0.05, 0) is 48.5 Å². The average molecular weight is 462 g/mol. The van der Waals surface area contributed by atoms with Crippen molar-refractivity contribution in [1.29, 1.82) is 0 Å². The van der Waals surface area contributed by atoms with E-state index in [4.69, 9.17) is 9.47 Å². The van der Waals surface area contributed by atoms with Gasteiger partial charge in [0.1, 0.15) is 23.0 Å². The predicted octanol–water partition coefficient (Wildman–Crippen LogP) is 4.86. The lowest BCUT2D eigenvalue weighted by Gasteiger charge is -2.09. The van der Waals surface area contributed by atoms with Crippen LogP contribution < -0.4 is 14.8 Å². The van der Waals surface area contributed by atoms with E-state index in [2.05, 4.69) is 10.4 Å². The maximum Gasteiger partial charge on any atom is 0.274 e. The van der Waals surface area contributed by atoms with Crippen LogP contribution in [0.2, 0.25) is 0 Å². The summed E-state index contributed by atoms with van der Waals surface area (Å²) in [6.45, 7) is 0. The molecule has 0 aliphatic heterocycles. The zero-order valence-corrected chi connectivity index (χ0v) is 18.2. The number of carbonyl (C=O) groups is 1. The summed E-state index contributed by atoms with van der Waals surface area (Å²) in [6, 6.07) is 17.7. The fourth-order valence-electron chi connectivity index (χ4n) is 3.35. The molecule has 0 bridgehead atoms. The number of benzene rings is 3. The van der Waals surface area contributed by atoms with Crippen molar-refractivity contribution in [2.45, 2.75) is 0 Å². The Morgan fingerprint density at radius 2 is 1.79 bits per heavy atom. The van der Waals surface area contributed by atoms with Gasteiger partial charge in [-0.3, -0.25) is 14.9 Å². The lowest BCUT2D eigenvalue weighted by molar-refractivity contribution is -0.384. The van der Waals surface area contributed by atoms with Gasteiger partial charge in [0.15, 0.2) is 0 Å². The highest BCUT2D eigenvalue weighted by Gasteiger charge is 2.21. The molecule has 172 valence electrons. The molecule has 1 amide bonds. The first-order chi connectivity index (χ1) is 16.4. The molecule has 0 aliphatic carbocycles. The van der Waals surface area contributed by atoms with Gasteiger partial charge in [-0.2, -0.15) is 5.10 Å². The van der Waals surface area contributed by atoms with E-state index < -0.39 is 16.6 Å². The minimum absolute atomic E-state index is 0.109. The van der Waals surface area contributed by atoms with Crippen molar-refractivity contribution in [2.75, 3.05) is 19.5 Å². The van der Waals surface area contributed by atoms with Crippen LogP contribution in [0.4, 0.5) is 15.8 Å². The van der Waals surface area contributed by atoms with Gasteiger partial charge in [0, 0.05) is 29.4 Å². The second-order valence-corrected chi connectivity index (χ2v) is 7.13. The Bertz CT molecular complexity index is 1370. The molecule has 9 nitrogen and oxygen atoms in total. The number of ether oxygens (including phenoxy) is 2. The van der Waals surface area contributed by atoms with Crippen LogP contribution in [0.15, 0.2) is 72.8 Å². The topological polar surface area (TPSA) is 109 Å². The molecule has 34 heavy (non-hydrogen) atoms. The van der Waals surface area contributed by atoms with E-state index >= 15 is 0 Å². The number of anilines is 1. The summed E-state index contributed by atoms with van der Waals surface area (Å²) in [4.78, 5) is 23.9. The number of nitrogens with one attached hydrogen (secondary N) is 1. The molecule has 0 aliphatic rings. The second kappa shape index (κ2) is 9.41. The predicted molar refractivity (Wildman–Crippen MR) is 123 cm³/mol. The number of hydrogen-bond donors (Lipinski definition) is 1. The van der Waals surface area contributed by atoms with E-state index in [1.54, 1.807) is 30.3 Å². The van der Waals surface area contributed by atoms with Gasteiger partial charge in [-0.15, -0.1) is 0 Å². The van der Waals surface area contributed by atoms with Crippen LogP contribution in [-0.2, 0) is 0 Å². The Hall–Kier alpha value is -4.73. The number of non-ortho nitro benzene ring substituents is 1. The fourth-order valence-corrected chi connectivity index (χ4v) is 3.35. The van der Waals surface area contributed by atoms with E-state index in [0.29, 0.717) is 34.1 Å². The SMILES string of the molecule is COc1ccc(-c2cc(C(=O)Nc3ccc(F)cc3)n(-c3cccc([N+](=O)[O-])c3)n2)c(OC)c1. The zero-order valence-electron chi connectivity index (χ0n) is 18.2. The highest BCUT2D eigenvalue weighted by Crippen LogP contribution is 2.34. The maximum atomic E-state index is 13.2. The lowest BCUT2D eigenvalue weighted by atomic mass is 10.1. The first kappa shape index (κ1) is 22.5. The molecule has 10 heteroatoms. The number of amides is 1. The van der Waals surface area contributed by atoms with Crippen molar-refractivity contribution in [3.63, 3.8) is 0 Å². The Morgan fingerprint density at radius 1 is 1.03 bits per heavy atom. The molecule has 1 aromatic heterocycles. The van der Waals surface area contributed by atoms with Gasteiger partial charge in [0.2, 0.25) is 0 Å². The van der Waals surface area contributed by atoms with Crippen molar-refractivity contribution in [1.82, 2.24) is 9.78 Å². The minimum atomic E-state index is -0.538. The Balaban J connectivity index is 1.83. The summed E-state index contributed by atoms with van der Waals surface area (Å²) in [5.41, 5.74) is 1.64. The number of nitro groups is 1. The Kier molecular flexibility index (Phi) is 6.22. The molecule has 0 fully saturated rings. The average Bonchev–Trinajstić information content (AvgIpc) is 3.30. The van der Waals surface area contributed by atoms with Crippen LogP contribution >= 0.6 is 0 Å². The van der Waals surface area contributed by atoms with E-state index in [1.165, 1.54) is 61.4 Å². The zero-order chi connectivity index (χ0) is 24.2. The molecule has 3 aromatic carbocycles. The number of nitrogens with zero attached hydrogens (tertiary/aromatic N) is 3. The summed E-state index contributed by atoms with van der Waals surface area (Å²) in [5, 5.41) is 18.5. The molecule has 0 saturated heterocycles. The molecule has 1 N–H and O–H groups in total. The molecule has 4 aromatic rings. The highest BCUT2D eigenvalue weighted by atomic mass is 19.1. The van der Waals surface area contributed by atoms with Crippen LogP contribution in [0, 0.1) is 15.9 Å². The first-order valence-corrected chi connectivity index (χ1v) is 10.0. The van der Waals surface area contributed by atoms with Crippen molar-refractivity contribution in [2.24, 2.45) is 0 Å². The summed E-state index contributed by atoms with van der Waals surface area (Å²) < 4.78 is 25.3. The number of rotatable bonds is 7. The second-order valence-electron chi connectivity index (χ2n) is 7.13. The summed E-state index contributed by atoms with van der Waals surface area (Å²) in [5.74, 6) is 0.0689. The molecular formula is C24H19FN4O5. The van der Waals surface area contributed by atoms with Crippen molar-refractivity contribution in [3.05, 3.63) is 94.4 Å². The van der Waals surface area contributed by atoms with Crippen LogP contribution in [0.5, 0.6) is 11.5 Å². The number of nitro benzene ring substituents is 1. The number of carbonyl (C=O) groups excluding carboxylic acids is 1.